The normalized spacial score (nSPS) is 11.0. The molecule has 0 aliphatic carbocycles. The molecule has 334 valence electrons. The summed E-state index contributed by atoms with van der Waals surface area (Å²) in [6, 6.07) is 53.9. The Morgan fingerprint density at radius 2 is 0.508 bits per heavy atom. The van der Waals surface area contributed by atoms with Crippen molar-refractivity contribution in [3.8, 4) is 34.5 Å². The van der Waals surface area contributed by atoms with Crippen molar-refractivity contribution in [2.45, 2.75) is 0 Å². The Labute approximate surface area is 370 Å². The van der Waals surface area contributed by atoms with Gasteiger partial charge in [-0.3, -0.25) is 0 Å². The molecular formula is C48H51BF4O9Se. The van der Waals surface area contributed by atoms with Crippen LogP contribution >= 0.6 is 0 Å². The minimum absolute atomic E-state index is 0.383. The predicted molar refractivity (Wildman–Crippen MR) is 239 cm³/mol. The summed E-state index contributed by atoms with van der Waals surface area (Å²) >= 11 is -2.10. The Hall–Kier alpha value is -5.70. The first-order valence-electron chi connectivity index (χ1n) is 20.4. The topological polar surface area (TPSA) is 83.1 Å². The zero-order valence-electron chi connectivity index (χ0n) is 34.7. The first kappa shape index (κ1) is 48.3. The van der Waals surface area contributed by atoms with Crippen LogP contribution in [-0.4, -0.2) is 100 Å². The maximum absolute atomic E-state index is 9.75. The second kappa shape index (κ2) is 28.1. The van der Waals surface area contributed by atoms with Crippen LogP contribution in [0.1, 0.15) is 0 Å². The van der Waals surface area contributed by atoms with Crippen molar-refractivity contribution in [1.29, 1.82) is 0 Å². The monoisotopic (exact) mass is 938 g/mol. The summed E-state index contributed by atoms with van der Waals surface area (Å²) in [6.45, 7) is 5.16. The van der Waals surface area contributed by atoms with Gasteiger partial charge in [-0.2, -0.15) is 0 Å². The number of halogens is 4. The predicted octanol–water partition coefficient (Wildman–Crippen LogP) is 7.93. The van der Waals surface area contributed by atoms with E-state index in [9.17, 15) is 17.3 Å². The third-order valence-corrected chi connectivity index (χ3v) is 13.3. The van der Waals surface area contributed by atoms with Gasteiger partial charge in [-0.15, -0.1) is 0 Å². The minimum atomic E-state index is -6.00. The first-order valence-corrected chi connectivity index (χ1v) is 23.0. The Morgan fingerprint density at radius 3 is 0.778 bits per heavy atom. The van der Waals surface area contributed by atoms with Crippen LogP contribution in [0.3, 0.4) is 0 Å². The van der Waals surface area contributed by atoms with Crippen LogP contribution in [0.4, 0.5) is 17.3 Å². The SMILES string of the molecule is F[B-](F)(F)F.c1ccc(OCCOCCOc2ccccc2[Se+](c2ccccc2OCCOCCOc2ccccc2)c2ccccc2OCCOCCOc2ccccc2)cc1. The van der Waals surface area contributed by atoms with Gasteiger partial charge < -0.3 is 17.3 Å². The molecule has 0 spiro atoms. The molecule has 6 rings (SSSR count). The molecule has 0 bridgehead atoms. The van der Waals surface area contributed by atoms with Crippen LogP contribution in [-0.2, 0) is 14.2 Å². The number of benzene rings is 6. The number of rotatable bonds is 27. The van der Waals surface area contributed by atoms with Crippen molar-refractivity contribution in [3.63, 3.8) is 0 Å². The molecule has 0 atom stereocenters. The van der Waals surface area contributed by atoms with E-state index in [0.29, 0.717) is 79.3 Å². The average Bonchev–Trinajstić information content (AvgIpc) is 3.30. The fraction of sp³-hybridized carbons (Fsp3) is 0.250. The van der Waals surface area contributed by atoms with E-state index in [1.165, 1.54) is 0 Å². The van der Waals surface area contributed by atoms with E-state index >= 15 is 0 Å². The van der Waals surface area contributed by atoms with Crippen molar-refractivity contribution in [2.24, 2.45) is 0 Å². The summed E-state index contributed by atoms with van der Waals surface area (Å²) in [7, 11) is -6.00. The fourth-order valence-corrected chi connectivity index (χ4v) is 10.6. The van der Waals surface area contributed by atoms with Gasteiger partial charge >= 0.3 is 337 Å². The molecule has 9 nitrogen and oxygen atoms in total. The molecule has 63 heavy (non-hydrogen) atoms. The van der Waals surface area contributed by atoms with Gasteiger partial charge in [0.05, 0.1) is 0 Å². The van der Waals surface area contributed by atoms with Crippen LogP contribution in [0.2, 0.25) is 0 Å². The van der Waals surface area contributed by atoms with Gasteiger partial charge in [0, 0.05) is 0 Å². The molecule has 0 radical (unpaired) electrons. The molecule has 6 aromatic rings. The van der Waals surface area contributed by atoms with Crippen LogP contribution < -0.4 is 41.8 Å². The van der Waals surface area contributed by atoms with Crippen LogP contribution in [0.25, 0.3) is 0 Å². The summed E-state index contributed by atoms with van der Waals surface area (Å²) < 4.78 is 96.6. The molecule has 0 unspecified atom stereocenters. The zero-order valence-corrected chi connectivity index (χ0v) is 36.5. The van der Waals surface area contributed by atoms with Crippen LogP contribution in [0.5, 0.6) is 34.5 Å². The molecule has 0 saturated carbocycles. The quantitative estimate of drug-likeness (QED) is 0.0291. The third-order valence-electron chi connectivity index (χ3n) is 8.38. The third kappa shape index (κ3) is 19.1. The molecule has 0 N–H and O–H groups in total. The Morgan fingerprint density at radius 1 is 0.286 bits per heavy atom. The summed E-state index contributed by atoms with van der Waals surface area (Å²) in [4.78, 5) is 0. The summed E-state index contributed by atoms with van der Waals surface area (Å²) in [5.41, 5.74) is 0. The number of hydrogen-bond donors (Lipinski definition) is 0. The van der Waals surface area contributed by atoms with Gasteiger partial charge in [0.2, 0.25) is 0 Å². The molecule has 15 heteroatoms. The van der Waals surface area contributed by atoms with E-state index in [2.05, 4.69) is 36.4 Å². The molecule has 0 heterocycles. The molecule has 0 fully saturated rings. The standard InChI is InChI=1S/C48H51O9Se.BF4/c1-4-16-40(17-5-1)52-34-28-49-31-37-55-43-22-10-13-25-46(43)58(47-26-14-11-23-44(47)56-38-32-50-29-35-53-41-18-6-2-7-19-41)48-27-15-12-24-45(48)57-39-33-51-30-36-54-42-20-8-3-9-21-42;2-1(3,4)5/h1-27H,28-39H2;/q+1;-1. The Kier molecular flexibility index (Phi) is 21.5. The second-order valence-corrected chi connectivity index (χ2v) is 17.1. The van der Waals surface area contributed by atoms with Crippen LogP contribution in [0, 0.1) is 0 Å². The van der Waals surface area contributed by atoms with E-state index in [4.69, 9.17) is 42.6 Å². The van der Waals surface area contributed by atoms with E-state index in [-0.39, 0.29) is 0 Å². The van der Waals surface area contributed by atoms with Crippen molar-refractivity contribution < 1.29 is 59.9 Å². The van der Waals surface area contributed by atoms with E-state index in [1.807, 2.05) is 127 Å². The summed E-state index contributed by atoms with van der Waals surface area (Å²) in [5.74, 6) is 4.85. The first-order chi connectivity index (χ1) is 30.8. The van der Waals surface area contributed by atoms with Crippen molar-refractivity contribution in [3.05, 3.63) is 164 Å². The molecule has 0 aromatic heterocycles. The second-order valence-electron chi connectivity index (χ2n) is 13.0. The molecule has 0 aliphatic rings. The van der Waals surface area contributed by atoms with Gasteiger partial charge in [-0.25, -0.2) is 0 Å². The molecule has 0 aliphatic heterocycles. The molecule has 0 saturated heterocycles. The summed E-state index contributed by atoms with van der Waals surface area (Å²) in [5, 5.41) is 0. The van der Waals surface area contributed by atoms with Gasteiger partial charge in [-0.05, 0) is 0 Å². The number of hydrogen-bond acceptors (Lipinski definition) is 9. The van der Waals surface area contributed by atoms with Crippen molar-refractivity contribution >= 4 is 34.5 Å². The molecule has 6 aromatic carbocycles. The Balaban J connectivity index is 0.00000141. The van der Waals surface area contributed by atoms with E-state index < -0.39 is 21.2 Å². The Bertz CT molecular complexity index is 1890. The van der Waals surface area contributed by atoms with Crippen molar-refractivity contribution in [2.75, 3.05) is 79.3 Å². The van der Waals surface area contributed by atoms with Crippen LogP contribution in [0.15, 0.2) is 164 Å². The van der Waals surface area contributed by atoms with E-state index in [1.54, 1.807) is 0 Å². The number of ether oxygens (including phenoxy) is 9. The van der Waals surface area contributed by atoms with Gasteiger partial charge in [0.15, 0.2) is 0 Å². The molecule has 0 amide bonds. The summed E-state index contributed by atoms with van der Waals surface area (Å²) in [6.07, 6.45) is 0. The van der Waals surface area contributed by atoms with E-state index in [0.717, 1.165) is 47.9 Å². The maximum atomic E-state index is 9.75. The van der Waals surface area contributed by atoms with Crippen molar-refractivity contribution in [1.82, 2.24) is 0 Å². The van der Waals surface area contributed by atoms with Gasteiger partial charge in [0.25, 0.3) is 0 Å². The van der Waals surface area contributed by atoms with Gasteiger partial charge in [0.1, 0.15) is 0 Å². The fourth-order valence-electron chi connectivity index (χ4n) is 5.71. The number of para-hydroxylation sites is 6. The zero-order chi connectivity index (χ0) is 44.2. The molecular weight excluding hydrogens is 886 g/mol. The average molecular weight is 938 g/mol. The van der Waals surface area contributed by atoms with Gasteiger partial charge in [-0.1, -0.05) is 18.2 Å².